The van der Waals surface area contributed by atoms with E-state index in [0.29, 0.717) is 29.9 Å². The van der Waals surface area contributed by atoms with E-state index in [1.54, 1.807) is 0 Å². The lowest BCUT2D eigenvalue weighted by molar-refractivity contribution is 0.311. The lowest BCUT2D eigenvalue weighted by atomic mass is 10.1. The minimum Gasteiger partial charge on any atom is -0.338 e. The molecule has 0 radical (unpaired) electrons. The Bertz CT molecular complexity index is 948. The number of fused-ring (bicyclic) bond motifs is 1. The molecule has 2 heterocycles. The number of hydrogen-bond donors (Lipinski definition) is 0. The van der Waals surface area contributed by atoms with Crippen molar-refractivity contribution in [1.82, 2.24) is 14.9 Å². The van der Waals surface area contributed by atoms with Crippen LogP contribution in [0.15, 0.2) is 36.4 Å². The third-order valence-electron chi connectivity index (χ3n) is 4.63. The van der Waals surface area contributed by atoms with Crippen LogP contribution >= 0.6 is 0 Å². The van der Waals surface area contributed by atoms with Gasteiger partial charge in [-0.05, 0) is 31.3 Å². The highest BCUT2D eigenvalue weighted by molar-refractivity contribution is 5.93. The van der Waals surface area contributed by atoms with Gasteiger partial charge in [0, 0.05) is 37.6 Å². The Morgan fingerprint density at radius 3 is 2.27 bits per heavy atom. The molecule has 26 heavy (non-hydrogen) atoms. The van der Waals surface area contributed by atoms with Crippen molar-refractivity contribution in [3.05, 3.63) is 53.8 Å². The van der Waals surface area contributed by atoms with Gasteiger partial charge in [0.05, 0.1) is 16.8 Å². The van der Waals surface area contributed by atoms with Gasteiger partial charge < -0.3 is 9.80 Å². The Balaban J connectivity index is 1.93. The number of halogens is 3. The van der Waals surface area contributed by atoms with Crippen molar-refractivity contribution in [2.75, 3.05) is 38.1 Å². The van der Waals surface area contributed by atoms with Crippen molar-refractivity contribution in [1.29, 1.82) is 0 Å². The number of hydrogen-bond acceptors (Lipinski definition) is 4. The van der Waals surface area contributed by atoms with Crippen LogP contribution in [0.2, 0.25) is 0 Å². The van der Waals surface area contributed by atoms with Crippen LogP contribution in [0.3, 0.4) is 0 Å². The van der Waals surface area contributed by atoms with Gasteiger partial charge in [-0.2, -0.15) is 0 Å². The summed E-state index contributed by atoms with van der Waals surface area (Å²) >= 11 is 0. The fraction of sp³-hybridized carbons (Fsp3) is 0.263. The standard InChI is InChI=1S/C19H17F3N4/c1-25-7-9-26(10-8-25)19-23-16-11-12(20)5-6-13(16)18(24-19)17-14(21)3-2-4-15(17)22/h2-6,11H,7-10H2,1H3. The third-order valence-corrected chi connectivity index (χ3v) is 4.63. The molecular weight excluding hydrogens is 341 g/mol. The summed E-state index contributed by atoms with van der Waals surface area (Å²) in [5, 5.41) is 0.410. The van der Waals surface area contributed by atoms with E-state index in [1.807, 2.05) is 11.9 Å². The Hall–Kier alpha value is -2.67. The summed E-state index contributed by atoms with van der Waals surface area (Å²) in [7, 11) is 2.02. The van der Waals surface area contributed by atoms with Crippen molar-refractivity contribution in [2.24, 2.45) is 0 Å². The minimum absolute atomic E-state index is 0.138. The Morgan fingerprint density at radius 1 is 0.885 bits per heavy atom. The predicted octanol–water partition coefficient (Wildman–Crippen LogP) is 3.47. The van der Waals surface area contributed by atoms with Crippen LogP contribution in [-0.4, -0.2) is 48.1 Å². The first-order valence-electron chi connectivity index (χ1n) is 8.38. The number of nitrogens with zero attached hydrogens (tertiary/aromatic N) is 4. The average molecular weight is 358 g/mol. The molecule has 1 aliphatic heterocycles. The lowest BCUT2D eigenvalue weighted by Crippen LogP contribution is -2.45. The van der Waals surface area contributed by atoms with Gasteiger partial charge in [-0.25, -0.2) is 23.1 Å². The molecule has 0 aliphatic carbocycles. The molecular formula is C19H17F3N4. The van der Waals surface area contributed by atoms with Crippen LogP contribution in [-0.2, 0) is 0 Å². The monoisotopic (exact) mass is 358 g/mol. The fourth-order valence-corrected chi connectivity index (χ4v) is 3.15. The maximum absolute atomic E-state index is 14.4. The van der Waals surface area contributed by atoms with Crippen molar-refractivity contribution in [3.63, 3.8) is 0 Å². The van der Waals surface area contributed by atoms with Gasteiger partial charge in [0.1, 0.15) is 17.5 Å². The Labute approximate surface area is 148 Å². The van der Waals surface area contributed by atoms with Crippen molar-refractivity contribution in [3.8, 4) is 11.3 Å². The smallest absolute Gasteiger partial charge is 0.226 e. The molecule has 0 N–H and O–H groups in total. The number of rotatable bonds is 2. The second kappa shape index (κ2) is 6.57. The van der Waals surface area contributed by atoms with E-state index in [1.165, 1.54) is 36.4 Å². The third kappa shape index (κ3) is 2.99. The number of aromatic nitrogens is 2. The van der Waals surface area contributed by atoms with Crippen LogP contribution in [0.25, 0.3) is 22.2 Å². The Morgan fingerprint density at radius 2 is 1.58 bits per heavy atom. The molecule has 2 aromatic carbocycles. The molecule has 0 amide bonds. The highest BCUT2D eigenvalue weighted by Gasteiger charge is 2.22. The summed E-state index contributed by atoms with van der Waals surface area (Å²) < 4.78 is 42.5. The van der Waals surface area contributed by atoms with E-state index < -0.39 is 17.5 Å². The summed E-state index contributed by atoms with van der Waals surface area (Å²) in [5.41, 5.74) is 0.244. The van der Waals surface area contributed by atoms with Crippen molar-refractivity contribution >= 4 is 16.9 Å². The molecule has 0 spiro atoms. The zero-order chi connectivity index (χ0) is 18.3. The maximum atomic E-state index is 14.4. The topological polar surface area (TPSA) is 32.3 Å². The SMILES string of the molecule is CN1CCN(c2nc(-c3c(F)cccc3F)c3ccc(F)cc3n2)CC1. The quantitative estimate of drug-likeness (QED) is 0.702. The summed E-state index contributed by atoms with van der Waals surface area (Å²) in [6.07, 6.45) is 0. The number of likely N-dealkylation sites (N-methyl/N-ethyl adjacent to an activating group) is 1. The maximum Gasteiger partial charge on any atom is 0.226 e. The van der Waals surface area contributed by atoms with E-state index in [4.69, 9.17) is 0 Å². The number of anilines is 1. The molecule has 4 rings (SSSR count). The van der Waals surface area contributed by atoms with E-state index in [2.05, 4.69) is 14.9 Å². The van der Waals surface area contributed by atoms with Gasteiger partial charge in [-0.3, -0.25) is 0 Å². The fourth-order valence-electron chi connectivity index (χ4n) is 3.15. The van der Waals surface area contributed by atoms with Crippen LogP contribution in [0.1, 0.15) is 0 Å². The molecule has 0 bridgehead atoms. The highest BCUT2D eigenvalue weighted by atomic mass is 19.1. The first-order chi connectivity index (χ1) is 12.5. The summed E-state index contributed by atoms with van der Waals surface area (Å²) in [6, 6.07) is 7.64. The number of benzene rings is 2. The van der Waals surface area contributed by atoms with Crippen LogP contribution in [0.5, 0.6) is 0 Å². The largest absolute Gasteiger partial charge is 0.338 e. The van der Waals surface area contributed by atoms with E-state index in [0.717, 1.165) is 13.1 Å². The van der Waals surface area contributed by atoms with E-state index >= 15 is 0 Å². The first-order valence-corrected chi connectivity index (χ1v) is 8.38. The molecule has 1 aliphatic rings. The van der Waals surface area contributed by atoms with Crippen LogP contribution in [0, 0.1) is 17.5 Å². The zero-order valence-electron chi connectivity index (χ0n) is 14.2. The predicted molar refractivity (Wildman–Crippen MR) is 94.6 cm³/mol. The second-order valence-corrected chi connectivity index (χ2v) is 6.42. The molecule has 0 saturated carbocycles. The average Bonchev–Trinajstić information content (AvgIpc) is 2.61. The summed E-state index contributed by atoms with van der Waals surface area (Å²) in [4.78, 5) is 13.0. The van der Waals surface area contributed by atoms with Gasteiger partial charge in [-0.1, -0.05) is 6.07 Å². The van der Waals surface area contributed by atoms with Crippen molar-refractivity contribution in [2.45, 2.75) is 0 Å². The second-order valence-electron chi connectivity index (χ2n) is 6.42. The molecule has 1 saturated heterocycles. The number of piperazine rings is 1. The minimum atomic E-state index is -0.710. The van der Waals surface area contributed by atoms with Crippen LogP contribution < -0.4 is 4.90 Å². The van der Waals surface area contributed by atoms with E-state index in [9.17, 15) is 13.2 Å². The zero-order valence-corrected chi connectivity index (χ0v) is 14.2. The lowest BCUT2D eigenvalue weighted by Gasteiger charge is -2.32. The Kier molecular flexibility index (Phi) is 4.24. The van der Waals surface area contributed by atoms with Gasteiger partial charge in [-0.15, -0.1) is 0 Å². The van der Waals surface area contributed by atoms with Gasteiger partial charge in [0.15, 0.2) is 0 Å². The molecule has 0 atom stereocenters. The van der Waals surface area contributed by atoms with Crippen LogP contribution in [0.4, 0.5) is 19.1 Å². The van der Waals surface area contributed by atoms with Crippen molar-refractivity contribution < 1.29 is 13.2 Å². The molecule has 1 aromatic heterocycles. The van der Waals surface area contributed by atoms with E-state index in [-0.39, 0.29) is 11.3 Å². The van der Waals surface area contributed by atoms with Gasteiger partial charge in [0.25, 0.3) is 0 Å². The normalized spacial score (nSPS) is 15.6. The summed E-state index contributed by atoms with van der Waals surface area (Å²) in [6.45, 7) is 3.04. The molecule has 0 unspecified atom stereocenters. The summed E-state index contributed by atoms with van der Waals surface area (Å²) in [5.74, 6) is -1.52. The molecule has 134 valence electrons. The van der Waals surface area contributed by atoms with Gasteiger partial charge >= 0.3 is 0 Å². The van der Waals surface area contributed by atoms with Gasteiger partial charge in [0.2, 0.25) is 5.95 Å². The first kappa shape index (κ1) is 16.8. The molecule has 7 heteroatoms. The molecule has 4 nitrogen and oxygen atoms in total. The highest BCUT2D eigenvalue weighted by Crippen LogP contribution is 2.32. The molecule has 1 fully saturated rings. The molecule has 3 aromatic rings.